The van der Waals surface area contributed by atoms with Gasteiger partial charge in [0, 0.05) is 12.6 Å². The summed E-state index contributed by atoms with van der Waals surface area (Å²) in [6.07, 6.45) is 7.68. The van der Waals surface area contributed by atoms with Crippen molar-refractivity contribution in [1.82, 2.24) is 4.90 Å². The Morgan fingerprint density at radius 1 is 1.32 bits per heavy atom. The molecule has 2 saturated carbocycles. The topological polar surface area (TPSA) is 49.8 Å². The van der Waals surface area contributed by atoms with Gasteiger partial charge in [-0.25, -0.2) is 0 Å². The van der Waals surface area contributed by atoms with E-state index in [9.17, 15) is 4.79 Å². The van der Waals surface area contributed by atoms with Crippen LogP contribution in [0.15, 0.2) is 0 Å². The molecular weight excluding hydrogens is 242 g/mol. The standard InChI is InChI=1S/C15H27NO3/c1-11-5-3-4-6-14(11)19-10-9-16(13-7-8-13)12(2)15(17)18/h11-14H,3-10H2,1-2H3,(H,17,18). The molecule has 0 radical (unpaired) electrons. The Labute approximate surface area is 116 Å². The lowest BCUT2D eigenvalue weighted by atomic mass is 9.88. The lowest BCUT2D eigenvalue weighted by Crippen LogP contribution is -2.43. The molecule has 4 heteroatoms. The quantitative estimate of drug-likeness (QED) is 0.771. The lowest BCUT2D eigenvalue weighted by Gasteiger charge is -2.31. The maximum Gasteiger partial charge on any atom is 0.320 e. The van der Waals surface area contributed by atoms with Crippen molar-refractivity contribution in [3.05, 3.63) is 0 Å². The van der Waals surface area contributed by atoms with Gasteiger partial charge in [0.25, 0.3) is 0 Å². The minimum Gasteiger partial charge on any atom is -0.480 e. The Balaban J connectivity index is 1.74. The third kappa shape index (κ3) is 4.18. The van der Waals surface area contributed by atoms with Gasteiger partial charge in [-0.2, -0.15) is 0 Å². The van der Waals surface area contributed by atoms with Crippen LogP contribution in [0.5, 0.6) is 0 Å². The van der Waals surface area contributed by atoms with Crippen molar-refractivity contribution >= 4 is 5.97 Å². The normalized spacial score (nSPS) is 29.4. The first kappa shape index (κ1) is 14.8. The zero-order valence-corrected chi connectivity index (χ0v) is 12.2. The van der Waals surface area contributed by atoms with Gasteiger partial charge in [-0.3, -0.25) is 9.69 Å². The molecule has 2 fully saturated rings. The van der Waals surface area contributed by atoms with Crippen LogP contribution in [0.1, 0.15) is 52.4 Å². The highest BCUT2D eigenvalue weighted by molar-refractivity contribution is 5.73. The highest BCUT2D eigenvalue weighted by Crippen LogP contribution is 2.29. The van der Waals surface area contributed by atoms with Crippen LogP contribution in [0.2, 0.25) is 0 Å². The predicted molar refractivity (Wildman–Crippen MR) is 74.2 cm³/mol. The fourth-order valence-electron chi connectivity index (χ4n) is 3.08. The molecule has 2 rings (SSSR count). The summed E-state index contributed by atoms with van der Waals surface area (Å²) in [5.74, 6) is -0.0713. The summed E-state index contributed by atoms with van der Waals surface area (Å²) in [4.78, 5) is 13.2. The molecule has 2 aliphatic carbocycles. The number of carbonyl (C=O) groups is 1. The molecule has 0 aromatic heterocycles. The van der Waals surface area contributed by atoms with E-state index in [0.29, 0.717) is 24.7 Å². The van der Waals surface area contributed by atoms with Gasteiger partial charge in [-0.15, -0.1) is 0 Å². The summed E-state index contributed by atoms with van der Waals surface area (Å²) >= 11 is 0. The number of hydrogen-bond donors (Lipinski definition) is 1. The molecule has 0 aliphatic heterocycles. The molecule has 0 heterocycles. The van der Waals surface area contributed by atoms with Crippen LogP contribution in [0.3, 0.4) is 0 Å². The summed E-state index contributed by atoms with van der Waals surface area (Å²) in [6, 6.07) is 0.0818. The average Bonchev–Trinajstić information content (AvgIpc) is 3.20. The van der Waals surface area contributed by atoms with Crippen LogP contribution in [0.4, 0.5) is 0 Å². The first-order valence-electron chi connectivity index (χ1n) is 7.69. The second kappa shape index (κ2) is 6.71. The monoisotopic (exact) mass is 269 g/mol. The SMILES string of the molecule is CC1CCCCC1OCCN(C1CC1)C(C)C(=O)O. The highest BCUT2D eigenvalue weighted by Gasteiger charge is 2.34. The van der Waals surface area contributed by atoms with Gasteiger partial charge in [0.15, 0.2) is 0 Å². The van der Waals surface area contributed by atoms with Gasteiger partial charge in [-0.1, -0.05) is 19.8 Å². The van der Waals surface area contributed by atoms with E-state index in [4.69, 9.17) is 9.84 Å². The third-order valence-corrected chi connectivity index (χ3v) is 4.58. The van der Waals surface area contributed by atoms with Crippen LogP contribution in [0, 0.1) is 5.92 Å². The van der Waals surface area contributed by atoms with E-state index in [2.05, 4.69) is 11.8 Å². The van der Waals surface area contributed by atoms with Crippen molar-refractivity contribution in [2.75, 3.05) is 13.2 Å². The second-order valence-electron chi connectivity index (χ2n) is 6.15. The minimum absolute atomic E-state index is 0.384. The van der Waals surface area contributed by atoms with Crippen molar-refractivity contribution in [2.24, 2.45) is 5.92 Å². The maximum absolute atomic E-state index is 11.1. The number of hydrogen-bond acceptors (Lipinski definition) is 3. The van der Waals surface area contributed by atoms with E-state index in [1.165, 1.54) is 25.7 Å². The Morgan fingerprint density at radius 3 is 2.58 bits per heavy atom. The van der Waals surface area contributed by atoms with E-state index >= 15 is 0 Å². The van der Waals surface area contributed by atoms with E-state index in [1.54, 1.807) is 6.92 Å². The molecule has 3 unspecified atom stereocenters. The molecule has 0 spiro atoms. The summed E-state index contributed by atoms with van der Waals surface area (Å²) < 4.78 is 6.00. The molecule has 0 bridgehead atoms. The van der Waals surface area contributed by atoms with Gasteiger partial charge in [-0.05, 0) is 38.5 Å². The van der Waals surface area contributed by atoms with Crippen molar-refractivity contribution in [3.63, 3.8) is 0 Å². The number of nitrogens with zero attached hydrogens (tertiary/aromatic N) is 1. The fraction of sp³-hybridized carbons (Fsp3) is 0.933. The van der Waals surface area contributed by atoms with Crippen molar-refractivity contribution < 1.29 is 14.6 Å². The summed E-state index contributed by atoms with van der Waals surface area (Å²) in [7, 11) is 0. The fourth-order valence-corrected chi connectivity index (χ4v) is 3.08. The second-order valence-corrected chi connectivity index (χ2v) is 6.15. The predicted octanol–water partition coefficient (Wildman–Crippen LogP) is 2.52. The zero-order chi connectivity index (χ0) is 13.8. The summed E-state index contributed by atoms with van der Waals surface area (Å²) in [5.41, 5.74) is 0. The third-order valence-electron chi connectivity index (χ3n) is 4.58. The molecular formula is C15H27NO3. The average molecular weight is 269 g/mol. The Morgan fingerprint density at radius 2 is 2.00 bits per heavy atom. The molecule has 0 aromatic carbocycles. The Kier molecular flexibility index (Phi) is 5.22. The van der Waals surface area contributed by atoms with Gasteiger partial charge >= 0.3 is 5.97 Å². The van der Waals surface area contributed by atoms with Crippen LogP contribution >= 0.6 is 0 Å². The minimum atomic E-state index is -0.724. The molecule has 0 amide bonds. The van der Waals surface area contributed by atoms with Gasteiger partial charge in [0.2, 0.25) is 0 Å². The summed E-state index contributed by atoms with van der Waals surface area (Å²) in [5, 5.41) is 9.14. The van der Waals surface area contributed by atoms with E-state index in [0.717, 1.165) is 19.4 Å². The van der Waals surface area contributed by atoms with Crippen LogP contribution in [-0.4, -0.2) is 47.3 Å². The largest absolute Gasteiger partial charge is 0.480 e. The van der Waals surface area contributed by atoms with Crippen molar-refractivity contribution in [3.8, 4) is 0 Å². The zero-order valence-electron chi connectivity index (χ0n) is 12.2. The molecule has 0 aromatic rings. The van der Waals surface area contributed by atoms with Crippen molar-refractivity contribution in [1.29, 1.82) is 0 Å². The summed E-state index contributed by atoms with van der Waals surface area (Å²) in [6.45, 7) is 5.47. The molecule has 4 nitrogen and oxygen atoms in total. The van der Waals surface area contributed by atoms with Gasteiger partial charge in [0.1, 0.15) is 6.04 Å². The first-order chi connectivity index (χ1) is 9.09. The molecule has 2 aliphatic rings. The lowest BCUT2D eigenvalue weighted by molar-refractivity contribution is -0.143. The molecule has 19 heavy (non-hydrogen) atoms. The Bertz CT molecular complexity index is 304. The molecule has 0 saturated heterocycles. The van der Waals surface area contributed by atoms with E-state index in [1.807, 2.05) is 0 Å². The molecule has 110 valence electrons. The smallest absolute Gasteiger partial charge is 0.320 e. The number of carboxylic acids is 1. The molecule has 3 atom stereocenters. The van der Waals surface area contributed by atoms with Gasteiger partial charge < -0.3 is 9.84 Å². The van der Waals surface area contributed by atoms with Crippen molar-refractivity contribution in [2.45, 2.75) is 70.6 Å². The van der Waals surface area contributed by atoms with E-state index < -0.39 is 5.97 Å². The number of aliphatic carboxylic acids is 1. The Hall–Kier alpha value is -0.610. The van der Waals surface area contributed by atoms with Gasteiger partial charge in [0.05, 0.1) is 12.7 Å². The number of rotatable bonds is 7. The first-order valence-corrected chi connectivity index (χ1v) is 7.69. The van der Waals surface area contributed by atoms with E-state index in [-0.39, 0.29) is 6.04 Å². The van der Waals surface area contributed by atoms with Crippen LogP contribution in [0.25, 0.3) is 0 Å². The molecule has 1 N–H and O–H groups in total. The van der Waals surface area contributed by atoms with Crippen LogP contribution < -0.4 is 0 Å². The highest BCUT2D eigenvalue weighted by atomic mass is 16.5. The van der Waals surface area contributed by atoms with Crippen LogP contribution in [-0.2, 0) is 9.53 Å². The number of ether oxygens (including phenoxy) is 1. The number of carboxylic acid groups (broad SMARTS) is 1. The maximum atomic E-state index is 11.1.